The zero-order valence-electron chi connectivity index (χ0n) is 20.0. The van der Waals surface area contributed by atoms with Crippen molar-refractivity contribution in [1.29, 1.82) is 0 Å². The van der Waals surface area contributed by atoms with Crippen LogP contribution in [0.15, 0.2) is 108 Å². The number of nitrogens with one attached hydrogen (secondary N) is 1. The Morgan fingerprint density at radius 2 is 1.57 bits per heavy atom. The third-order valence-electron chi connectivity index (χ3n) is 5.79. The molecule has 5 rings (SSSR count). The average molecular weight is 526 g/mol. The zero-order chi connectivity index (χ0) is 25.8. The lowest BCUT2D eigenvalue weighted by molar-refractivity contribution is 0.0981. The highest BCUT2D eigenvalue weighted by Gasteiger charge is 2.18. The van der Waals surface area contributed by atoms with E-state index in [9.17, 15) is 13.2 Å². The van der Waals surface area contributed by atoms with Gasteiger partial charge in [0.15, 0.2) is 0 Å². The summed E-state index contributed by atoms with van der Waals surface area (Å²) in [5, 5.41) is 1.01. The molecule has 0 saturated carbocycles. The highest BCUT2D eigenvalue weighted by atomic mass is 32.2. The summed E-state index contributed by atoms with van der Waals surface area (Å²) in [7, 11) is -3.94. The van der Waals surface area contributed by atoms with E-state index >= 15 is 0 Å². The summed E-state index contributed by atoms with van der Waals surface area (Å²) >= 11 is 1.66. The van der Waals surface area contributed by atoms with Crippen molar-refractivity contribution in [1.82, 2.24) is 14.7 Å². The predicted octanol–water partition coefficient (Wildman–Crippen LogP) is 5.89. The molecule has 8 heteroatoms. The molecule has 1 N–H and O–H groups in total. The highest BCUT2D eigenvalue weighted by Crippen LogP contribution is 2.33. The number of rotatable bonds is 7. The van der Waals surface area contributed by atoms with Crippen LogP contribution in [0.25, 0.3) is 21.6 Å². The van der Waals surface area contributed by atoms with Crippen LogP contribution in [0.1, 0.15) is 26.8 Å². The first kappa shape index (κ1) is 24.5. The molecule has 0 bridgehead atoms. The van der Waals surface area contributed by atoms with E-state index in [4.69, 9.17) is 4.98 Å². The van der Waals surface area contributed by atoms with E-state index < -0.39 is 15.9 Å². The van der Waals surface area contributed by atoms with E-state index in [-0.39, 0.29) is 10.5 Å². The quantitative estimate of drug-likeness (QED) is 0.286. The first-order chi connectivity index (χ1) is 17.9. The maximum absolute atomic E-state index is 12.6. The number of thiazole rings is 1. The number of hydrogen-bond acceptors (Lipinski definition) is 6. The van der Waals surface area contributed by atoms with Crippen LogP contribution in [0.4, 0.5) is 0 Å². The maximum atomic E-state index is 12.6. The second kappa shape index (κ2) is 10.5. The topological polar surface area (TPSA) is 89.0 Å². The van der Waals surface area contributed by atoms with Crippen LogP contribution in [-0.2, 0) is 16.4 Å². The van der Waals surface area contributed by atoms with Crippen molar-refractivity contribution in [3.63, 3.8) is 0 Å². The van der Waals surface area contributed by atoms with Crippen LogP contribution >= 0.6 is 11.3 Å². The number of aromatic nitrogens is 2. The fourth-order valence-electron chi connectivity index (χ4n) is 3.95. The van der Waals surface area contributed by atoms with E-state index in [1.165, 1.54) is 12.1 Å². The van der Waals surface area contributed by atoms with Gasteiger partial charge in [-0.25, -0.2) is 18.1 Å². The molecule has 0 atom stereocenters. The summed E-state index contributed by atoms with van der Waals surface area (Å²) in [6.07, 6.45) is 2.48. The van der Waals surface area contributed by atoms with E-state index in [1.807, 2.05) is 49.4 Å². The van der Waals surface area contributed by atoms with Gasteiger partial charge < -0.3 is 0 Å². The van der Waals surface area contributed by atoms with E-state index in [1.54, 1.807) is 47.9 Å². The predicted molar refractivity (Wildman–Crippen MR) is 146 cm³/mol. The molecule has 5 aromatic rings. The fraction of sp³-hybridized carbons (Fsp3) is 0.0690. The number of carbonyl (C=O) groups excluding carboxylic acids is 1. The van der Waals surface area contributed by atoms with Crippen LogP contribution in [0.3, 0.4) is 0 Å². The number of nitrogens with zero attached hydrogens (tertiary/aromatic N) is 2. The lowest BCUT2D eigenvalue weighted by atomic mass is 10.0. The standard InChI is InChI=1S/C29H23N3O3S2/c1-20-28(36-27(31-20)19-25-10-5-6-17-30-25)24-9-7-8-23(18-24)21-13-15-22(16-14-21)29(33)32-37(34,35)26-11-3-2-4-12-26/h2-18H,19H2,1H3,(H,32,33). The van der Waals surface area contributed by atoms with Gasteiger partial charge in [-0.3, -0.25) is 9.78 Å². The first-order valence-corrected chi connectivity index (χ1v) is 13.9. The molecule has 0 fully saturated rings. The maximum Gasteiger partial charge on any atom is 0.264 e. The Balaban J connectivity index is 1.34. The van der Waals surface area contributed by atoms with Crippen molar-refractivity contribution in [2.75, 3.05) is 0 Å². The van der Waals surface area contributed by atoms with Gasteiger partial charge in [-0.2, -0.15) is 0 Å². The normalized spacial score (nSPS) is 11.3. The minimum absolute atomic E-state index is 0.0401. The number of benzene rings is 3. The van der Waals surface area contributed by atoms with Crippen molar-refractivity contribution in [2.45, 2.75) is 18.2 Å². The molecular formula is C29H23N3O3S2. The van der Waals surface area contributed by atoms with Gasteiger partial charge in [0.25, 0.3) is 15.9 Å². The van der Waals surface area contributed by atoms with Gasteiger partial charge in [-0.15, -0.1) is 11.3 Å². The molecule has 0 aliphatic heterocycles. The number of sulfonamides is 1. The Morgan fingerprint density at radius 3 is 2.30 bits per heavy atom. The molecule has 0 unspecified atom stereocenters. The molecule has 0 aliphatic carbocycles. The van der Waals surface area contributed by atoms with Gasteiger partial charge in [0.05, 0.1) is 20.5 Å². The molecule has 6 nitrogen and oxygen atoms in total. The van der Waals surface area contributed by atoms with Crippen LogP contribution in [0.2, 0.25) is 0 Å². The lowest BCUT2D eigenvalue weighted by Crippen LogP contribution is -2.30. The third kappa shape index (κ3) is 5.66. The summed E-state index contributed by atoms with van der Waals surface area (Å²) in [5.41, 5.74) is 5.19. The Morgan fingerprint density at radius 1 is 0.838 bits per heavy atom. The van der Waals surface area contributed by atoms with Gasteiger partial charge in [0.1, 0.15) is 0 Å². The van der Waals surface area contributed by atoms with Gasteiger partial charge >= 0.3 is 0 Å². The SMILES string of the molecule is Cc1nc(Cc2ccccn2)sc1-c1cccc(-c2ccc(C(=O)NS(=O)(=O)c3ccccc3)cc2)c1. The molecule has 2 heterocycles. The number of amides is 1. The lowest BCUT2D eigenvalue weighted by Gasteiger charge is -2.08. The molecule has 37 heavy (non-hydrogen) atoms. The van der Waals surface area contributed by atoms with Crippen LogP contribution in [0.5, 0.6) is 0 Å². The van der Waals surface area contributed by atoms with Crippen LogP contribution in [-0.4, -0.2) is 24.3 Å². The van der Waals surface area contributed by atoms with E-state index in [0.29, 0.717) is 6.42 Å². The molecule has 2 aromatic heterocycles. The van der Waals surface area contributed by atoms with Gasteiger partial charge in [0, 0.05) is 23.9 Å². The second-order valence-corrected chi connectivity index (χ2v) is 11.2. The molecule has 0 spiro atoms. The zero-order valence-corrected chi connectivity index (χ0v) is 21.6. The summed E-state index contributed by atoms with van der Waals surface area (Å²) in [6, 6.07) is 28.7. The Bertz CT molecular complexity index is 1650. The highest BCUT2D eigenvalue weighted by molar-refractivity contribution is 7.90. The molecule has 3 aromatic carbocycles. The summed E-state index contributed by atoms with van der Waals surface area (Å²) in [5.74, 6) is -0.676. The van der Waals surface area contributed by atoms with Crippen molar-refractivity contribution in [3.8, 4) is 21.6 Å². The second-order valence-electron chi connectivity index (χ2n) is 8.43. The molecule has 184 valence electrons. The Kier molecular flexibility index (Phi) is 6.94. The molecular weight excluding hydrogens is 502 g/mol. The Labute approximate surface area is 219 Å². The number of pyridine rings is 1. The van der Waals surface area contributed by atoms with Crippen LogP contribution < -0.4 is 4.72 Å². The van der Waals surface area contributed by atoms with Crippen molar-refractivity contribution in [3.05, 3.63) is 125 Å². The van der Waals surface area contributed by atoms with Gasteiger partial charge in [-0.05, 0) is 66.1 Å². The minimum atomic E-state index is -3.94. The minimum Gasteiger partial charge on any atom is -0.268 e. The molecule has 0 aliphatic rings. The third-order valence-corrected chi connectivity index (χ3v) is 8.34. The van der Waals surface area contributed by atoms with E-state index in [2.05, 4.69) is 21.8 Å². The summed E-state index contributed by atoms with van der Waals surface area (Å²) in [6.45, 7) is 2.01. The monoisotopic (exact) mass is 525 g/mol. The van der Waals surface area contributed by atoms with Gasteiger partial charge in [0.2, 0.25) is 0 Å². The summed E-state index contributed by atoms with van der Waals surface area (Å²) < 4.78 is 27.1. The number of carbonyl (C=O) groups is 1. The first-order valence-electron chi connectivity index (χ1n) is 11.6. The summed E-state index contributed by atoms with van der Waals surface area (Å²) in [4.78, 5) is 22.9. The van der Waals surface area contributed by atoms with Gasteiger partial charge in [-0.1, -0.05) is 54.6 Å². The van der Waals surface area contributed by atoms with Crippen molar-refractivity contribution >= 4 is 27.3 Å². The molecule has 0 saturated heterocycles. The fourth-order valence-corrected chi connectivity index (χ4v) is 6.02. The molecule has 1 amide bonds. The van der Waals surface area contributed by atoms with Crippen LogP contribution in [0, 0.1) is 6.92 Å². The van der Waals surface area contributed by atoms with E-state index in [0.717, 1.165) is 38.0 Å². The molecule has 0 radical (unpaired) electrons. The van der Waals surface area contributed by atoms with Crippen molar-refractivity contribution in [2.24, 2.45) is 0 Å². The smallest absolute Gasteiger partial charge is 0.264 e. The largest absolute Gasteiger partial charge is 0.268 e. The van der Waals surface area contributed by atoms with Crippen molar-refractivity contribution < 1.29 is 13.2 Å². The number of hydrogen-bond donors (Lipinski definition) is 1. The average Bonchev–Trinajstić information content (AvgIpc) is 3.29. The Hall–Kier alpha value is -4.14. The number of aryl methyl sites for hydroxylation is 1.